The number of aliphatic carboxylic acids is 1. The summed E-state index contributed by atoms with van der Waals surface area (Å²) in [5, 5.41) is 18.8. The van der Waals surface area contributed by atoms with Crippen LogP contribution in [0.5, 0.6) is 0 Å². The molecule has 0 saturated heterocycles. The first-order valence-corrected chi connectivity index (χ1v) is 3.78. The molecule has 0 heterocycles. The molecular weight excluding hydrogens is 178 g/mol. The Morgan fingerprint density at radius 2 is 2.08 bits per heavy atom. The zero-order valence-corrected chi connectivity index (χ0v) is 7.44. The lowest BCUT2D eigenvalue weighted by Crippen LogP contribution is -2.14. The van der Waals surface area contributed by atoms with Gasteiger partial charge in [0, 0.05) is 6.42 Å². The normalized spacial score (nSPS) is 11.8. The molecule has 0 aromatic rings. The highest BCUT2D eigenvalue weighted by Gasteiger charge is 2.27. The van der Waals surface area contributed by atoms with E-state index in [1.165, 1.54) is 0 Å². The number of ether oxygens (including phenoxy) is 1. The maximum Gasteiger partial charge on any atom is 0.411 e. The second-order valence-electron chi connectivity index (χ2n) is 2.12. The summed E-state index contributed by atoms with van der Waals surface area (Å²) in [6.45, 7) is 3.44. The van der Waals surface area contributed by atoms with Gasteiger partial charge in [-0.3, -0.25) is 10.1 Å². The number of rotatable bonds is 5. The Bertz CT molecular complexity index is 229. The number of allylic oxidation sites excluding steroid dienone is 1. The Morgan fingerprint density at radius 1 is 1.54 bits per heavy atom. The highest BCUT2D eigenvalue weighted by molar-refractivity contribution is 5.84. The average molecular weight is 189 g/mol. The molecule has 0 aliphatic heterocycles. The maximum absolute atomic E-state index is 10.4. The van der Waals surface area contributed by atoms with Crippen molar-refractivity contribution in [3.8, 4) is 0 Å². The zero-order chi connectivity index (χ0) is 10.4. The lowest BCUT2D eigenvalue weighted by atomic mass is 10.3. The lowest BCUT2D eigenvalue weighted by Gasteiger charge is -2.04. The molecule has 0 atom stereocenters. The van der Waals surface area contributed by atoms with Gasteiger partial charge in [-0.05, 0) is 6.92 Å². The predicted octanol–water partition coefficient (Wildman–Crippen LogP) is 1.01. The van der Waals surface area contributed by atoms with Gasteiger partial charge in [0.2, 0.25) is 0 Å². The van der Waals surface area contributed by atoms with Crippen LogP contribution in [0.1, 0.15) is 20.3 Å². The molecule has 0 spiro atoms. The maximum atomic E-state index is 10.4. The standard InChI is InChI=1S/C7H11NO5/c1-3-5(13-4-2)6(7(9)10)8(11)12/h3-4H2,1-2H3,(H,9,10)/b6-5+. The highest BCUT2D eigenvalue weighted by Crippen LogP contribution is 2.11. The second-order valence-corrected chi connectivity index (χ2v) is 2.12. The van der Waals surface area contributed by atoms with E-state index in [4.69, 9.17) is 9.84 Å². The zero-order valence-electron chi connectivity index (χ0n) is 7.44. The smallest absolute Gasteiger partial charge is 0.411 e. The van der Waals surface area contributed by atoms with Crippen LogP contribution in [0.4, 0.5) is 0 Å². The number of carbonyl (C=O) groups is 1. The summed E-state index contributed by atoms with van der Waals surface area (Å²) in [6.07, 6.45) is 0.191. The number of nitro groups is 1. The molecule has 0 saturated carbocycles. The summed E-state index contributed by atoms with van der Waals surface area (Å²) in [6, 6.07) is 0. The minimum Gasteiger partial charge on any atom is -0.491 e. The molecule has 0 aliphatic carbocycles. The van der Waals surface area contributed by atoms with Crippen LogP contribution in [0.25, 0.3) is 0 Å². The Hall–Kier alpha value is -1.59. The molecule has 0 bridgehead atoms. The van der Waals surface area contributed by atoms with Crippen LogP contribution in [0, 0.1) is 10.1 Å². The Morgan fingerprint density at radius 3 is 2.31 bits per heavy atom. The van der Waals surface area contributed by atoms with Crippen molar-refractivity contribution in [1.29, 1.82) is 0 Å². The molecule has 0 fully saturated rings. The van der Waals surface area contributed by atoms with Crippen molar-refractivity contribution in [2.75, 3.05) is 6.61 Å². The van der Waals surface area contributed by atoms with Crippen LogP contribution < -0.4 is 0 Å². The summed E-state index contributed by atoms with van der Waals surface area (Å²) in [5.74, 6) is -1.67. The van der Waals surface area contributed by atoms with Crippen molar-refractivity contribution in [3.05, 3.63) is 21.6 Å². The van der Waals surface area contributed by atoms with Gasteiger partial charge < -0.3 is 9.84 Å². The van der Waals surface area contributed by atoms with E-state index in [1.807, 2.05) is 0 Å². The third kappa shape index (κ3) is 3.10. The SMILES string of the molecule is CCO/C(CC)=C(\C(=O)O)[N+](=O)[O-]. The molecule has 0 aliphatic rings. The Kier molecular flexibility index (Phi) is 4.50. The van der Waals surface area contributed by atoms with Gasteiger partial charge in [0.05, 0.1) is 11.5 Å². The largest absolute Gasteiger partial charge is 0.491 e. The molecule has 74 valence electrons. The molecule has 6 nitrogen and oxygen atoms in total. The van der Waals surface area contributed by atoms with Gasteiger partial charge in [0.1, 0.15) is 0 Å². The summed E-state index contributed by atoms with van der Waals surface area (Å²) < 4.78 is 4.83. The van der Waals surface area contributed by atoms with Crippen LogP contribution in [-0.2, 0) is 9.53 Å². The minimum absolute atomic E-state index is 0.0972. The van der Waals surface area contributed by atoms with E-state index in [2.05, 4.69) is 0 Å². The first-order valence-electron chi connectivity index (χ1n) is 3.78. The van der Waals surface area contributed by atoms with Gasteiger partial charge in [0.15, 0.2) is 5.76 Å². The fraction of sp³-hybridized carbons (Fsp3) is 0.571. The number of hydrogen-bond donors (Lipinski definition) is 1. The minimum atomic E-state index is -1.57. The van der Waals surface area contributed by atoms with Crippen molar-refractivity contribution in [3.63, 3.8) is 0 Å². The van der Waals surface area contributed by atoms with Crippen molar-refractivity contribution in [2.24, 2.45) is 0 Å². The van der Waals surface area contributed by atoms with Gasteiger partial charge in [-0.2, -0.15) is 0 Å². The molecule has 6 heteroatoms. The highest BCUT2D eigenvalue weighted by atomic mass is 16.6. The fourth-order valence-electron chi connectivity index (χ4n) is 0.811. The third-order valence-electron chi connectivity index (χ3n) is 1.29. The van der Waals surface area contributed by atoms with E-state index in [1.54, 1.807) is 13.8 Å². The van der Waals surface area contributed by atoms with Gasteiger partial charge in [-0.25, -0.2) is 4.79 Å². The molecule has 0 amide bonds. The Labute approximate surface area is 75.0 Å². The van der Waals surface area contributed by atoms with Crippen molar-refractivity contribution >= 4 is 5.97 Å². The van der Waals surface area contributed by atoms with E-state index >= 15 is 0 Å². The van der Waals surface area contributed by atoms with E-state index in [0.717, 1.165) is 0 Å². The number of carboxylic acid groups (broad SMARTS) is 1. The van der Waals surface area contributed by atoms with E-state index < -0.39 is 16.6 Å². The molecule has 1 N–H and O–H groups in total. The summed E-state index contributed by atoms with van der Waals surface area (Å²) in [7, 11) is 0. The van der Waals surface area contributed by atoms with Gasteiger partial charge in [-0.1, -0.05) is 6.92 Å². The van der Waals surface area contributed by atoms with Crippen LogP contribution in [0.15, 0.2) is 11.5 Å². The quantitative estimate of drug-likeness (QED) is 0.301. The monoisotopic (exact) mass is 189 g/mol. The average Bonchev–Trinajstić information content (AvgIpc) is 2.02. The van der Waals surface area contributed by atoms with Crippen LogP contribution >= 0.6 is 0 Å². The summed E-state index contributed by atoms with van der Waals surface area (Å²) in [5.41, 5.74) is -0.885. The van der Waals surface area contributed by atoms with Crippen LogP contribution in [-0.4, -0.2) is 22.6 Å². The van der Waals surface area contributed by atoms with Gasteiger partial charge in [0.25, 0.3) is 0 Å². The van der Waals surface area contributed by atoms with E-state index in [0.29, 0.717) is 0 Å². The predicted molar refractivity (Wildman–Crippen MR) is 43.6 cm³/mol. The molecular formula is C7H11NO5. The molecule has 0 rings (SSSR count). The second kappa shape index (κ2) is 5.13. The summed E-state index contributed by atoms with van der Waals surface area (Å²) in [4.78, 5) is 19.8. The molecule has 0 aromatic heterocycles. The first-order chi connectivity index (χ1) is 6.04. The third-order valence-corrected chi connectivity index (χ3v) is 1.29. The van der Waals surface area contributed by atoms with Crippen molar-refractivity contribution in [1.82, 2.24) is 0 Å². The molecule has 0 radical (unpaired) electrons. The summed E-state index contributed by atoms with van der Waals surface area (Å²) >= 11 is 0. The lowest BCUT2D eigenvalue weighted by molar-refractivity contribution is -0.424. The Balaban J connectivity index is 5.00. The number of hydrogen-bond acceptors (Lipinski definition) is 4. The van der Waals surface area contributed by atoms with Crippen molar-refractivity contribution in [2.45, 2.75) is 20.3 Å². The first kappa shape index (κ1) is 11.4. The molecule has 0 unspecified atom stereocenters. The molecule has 13 heavy (non-hydrogen) atoms. The topological polar surface area (TPSA) is 89.7 Å². The fourth-order valence-corrected chi connectivity index (χ4v) is 0.811. The van der Waals surface area contributed by atoms with Gasteiger partial charge in [-0.15, -0.1) is 0 Å². The van der Waals surface area contributed by atoms with E-state index in [-0.39, 0.29) is 18.8 Å². The van der Waals surface area contributed by atoms with Gasteiger partial charge >= 0.3 is 11.7 Å². The van der Waals surface area contributed by atoms with Crippen LogP contribution in [0.3, 0.4) is 0 Å². The van der Waals surface area contributed by atoms with Crippen molar-refractivity contribution < 1.29 is 19.6 Å². The number of nitrogens with zero attached hydrogens (tertiary/aromatic N) is 1. The number of carboxylic acids is 1. The van der Waals surface area contributed by atoms with E-state index in [9.17, 15) is 14.9 Å². The van der Waals surface area contributed by atoms with Crippen LogP contribution in [0.2, 0.25) is 0 Å². The molecule has 0 aromatic carbocycles.